The van der Waals surface area contributed by atoms with E-state index in [1.807, 2.05) is 18.2 Å². The second-order valence-corrected chi connectivity index (χ2v) is 6.72. The molecule has 3 heterocycles. The molecule has 2 N–H and O–H groups in total. The highest BCUT2D eigenvalue weighted by Crippen LogP contribution is 2.28. The Labute approximate surface area is 138 Å². The van der Waals surface area contributed by atoms with Gasteiger partial charge in [0.15, 0.2) is 0 Å². The van der Waals surface area contributed by atoms with Crippen LogP contribution >= 0.6 is 11.6 Å². The minimum Gasteiger partial charge on any atom is -0.349 e. The van der Waals surface area contributed by atoms with E-state index in [9.17, 15) is 4.79 Å². The van der Waals surface area contributed by atoms with Gasteiger partial charge in [0.05, 0.1) is 31.0 Å². The van der Waals surface area contributed by atoms with Crippen molar-refractivity contribution < 1.29 is 4.90 Å². The van der Waals surface area contributed by atoms with Gasteiger partial charge in [0, 0.05) is 23.7 Å². The minimum absolute atomic E-state index is 0.00961. The number of nitrogens with zero attached hydrogens (tertiary/aromatic N) is 2. The number of hydrogen-bond donors (Lipinski definition) is 2. The van der Waals surface area contributed by atoms with Gasteiger partial charge in [-0.25, -0.2) is 4.98 Å². The van der Waals surface area contributed by atoms with Crippen molar-refractivity contribution >= 4 is 33.5 Å². The van der Waals surface area contributed by atoms with Crippen LogP contribution < -0.4 is 10.5 Å². The molecule has 2 aromatic heterocycles. The lowest BCUT2D eigenvalue weighted by atomic mass is 10.2. The summed E-state index contributed by atoms with van der Waals surface area (Å²) >= 11 is 6.27. The van der Waals surface area contributed by atoms with E-state index in [0.29, 0.717) is 22.1 Å². The third-order valence-corrected chi connectivity index (χ3v) is 5.36. The molecular weight excluding hydrogens is 312 g/mol. The summed E-state index contributed by atoms with van der Waals surface area (Å²) in [6.45, 7) is 5.25. The smallest absolute Gasteiger partial charge is 0.277 e. The maximum atomic E-state index is 12.8. The van der Waals surface area contributed by atoms with E-state index in [4.69, 9.17) is 11.6 Å². The van der Waals surface area contributed by atoms with E-state index in [2.05, 4.69) is 16.9 Å². The Morgan fingerprint density at radius 3 is 3.17 bits per heavy atom. The van der Waals surface area contributed by atoms with E-state index >= 15 is 0 Å². The second kappa shape index (κ2) is 5.65. The Morgan fingerprint density at radius 2 is 2.35 bits per heavy atom. The average Bonchev–Trinajstić information content (AvgIpc) is 3.15. The summed E-state index contributed by atoms with van der Waals surface area (Å²) in [5.74, 6) is 0. The first-order valence-corrected chi connectivity index (χ1v) is 8.56. The maximum absolute atomic E-state index is 12.8. The Bertz CT molecular complexity index is 929. The van der Waals surface area contributed by atoms with Crippen molar-refractivity contribution in [3.8, 4) is 0 Å². The van der Waals surface area contributed by atoms with Crippen molar-refractivity contribution in [2.75, 3.05) is 13.1 Å². The Kier molecular flexibility index (Phi) is 3.62. The number of rotatable bonds is 3. The zero-order valence-corrected chi connectivity index (χ0v) is 13.9. The van der Waals surface area contributed by atoms with Gasteiger partial charge >= 0.3 is 0 Å². The largest absolute Gasteiger partial charge is 0.349 e. The molecule has 1 aromatic carbocycles. The van der Waals surface area contributed by atoms with Gasteiger partial charge in [-0.3, -0.25) is 9.36 Å². The first-order chi connectivity index (χ1) is 11.2. The Hall–Kier alpha value is -1.85. The summed E-state index contributed by atoms with van der Waals surface area (Å²) in [7, 11) is 0. The van der Waals surface area contributed by atoms with E-state index in [-0.39, 0.29) is 5.56 Å². The molecule has 0 aliphatic carbocycles. The van der Waals surface area contributed by atoms with E-state index < -0.39 is 0 Å². The van der Waals surface area contributed by atoms with Crippen LogP contribution in [0.1, 0.15) is 19.8 Å². The van der Waals surface area contributed by atoms with E-state index in [0.717, 1.165) is 24.0 Å². The molecule has 1 unspecified atom stereocenters. The quantitative estimate of drug-likeness (QED) is 0.766. The standard InChI is InChI=1S/C17H19ClN4O/c1-2-21-8-4-5-11(21)9-22-10-19-15-14-12(18)6-3-7-13(14)20-16(15)17(22)23/h3,6-7,10-11,20H,2,4-5,8-9H2,1H3/p+1/t11-/m0/s1. The van der Waals surface area contributed by atoms with Gasteiger partial charge in [0.25, 0.3) is 5.56 Å². The maximum Gasteiger partial charge on any atom is 0.277 e. The topological polar surface area (TPSA) is 55.1 Å². The third-order valence-electron chi connectivity index (χ3n) is 5.05. The lowest BCUT2D eigenvalue weighted by molar-refractivity contribution is -0.911. The average molecular weight is 332 g/mol. The summed E-state index contributed by atoms with van der Waals surface area (Å²) in [6.07, 6.45) is 4.08. The fraction of sp³-hybridized carbons (Fsp3) is 0.412. The number of likely N-dealkylation sites (tertiary alicyclic amines) is 1. The van der Waals surface area contributed by atoms with Gasteiger partial charge in [0.1, 0.15) is 17.1 Å². The van der Waals surface area contributed by atoms with Crippen molar-refractivity contribution in [2.24, 2.45) is 0 Å². The van der Waals surface area contributed by atoms with Gasteiger partial charge in [0.2, 0.25) is 0 Å². The third kappa shape index (κ3) is 2.35. The molecule has 1 saturated heterocycles. The zero-order chi connectivity index (χ0) is 16.0. The summed E-state index contributed by atoms with van der Waals surface area (Å²) in [5.41, 5.74) is 2.06. The molecule has 0 saturated carbocycles. The predicted molar refractivity (Wildman–Crippen MR) is 92.3 cm³/mol. The van der Waals surface area contributed by atoms with Gasteiger partial charge in [-0.1, -0.05) is 17.7 Å². The summed E-state index contributed by atoms with van der Waals surface area (Å²) < 4.78 is 1.75. The number of nitrogens with one attached hydrogen (secondary N) is 2. The van der Waals surface area contributed by atoms with E-state index in [1.165, 1.54) is 19.4 Å². The van der Waals surface area contributed by atoms with Crippen molar-refractivity contribution in [1.29, 1.82) is 0 Å². The number of likely N-dealkylation sites (N-methyl/N-ethyl adjacent to an activating group) is 1. The molecular formula is C17H20ClN4O+. The zero-order valence-electron chi connectivity index (χ0n) is 13.1. The number of aromatic amines is 1. The van der Waals surface area contributed by atoms with Crippen LogP contribution in [0.3, 0.4) is 0 Å². The number of hydrogen-bond acceptors (Lipinski definition) is 2. The van der Waals surface area contributed by atoms with Crippen molar-refractivity contribution in [3.05, 3.63) is 39.9 Å². The monoisotopic (exact) mass is 331 g/mol. The summed E-state index contributed by atoms with van der Waals surface area (Å²) in [5, 5.41) is 1.45. The molecule has 1 fully saturated rings. The molecule has 2 atom stereocenters. The van der Waals surface area contributed by atoms with Crippen LogP contribution in [0.15, 0.2) is 29.3 Å². The van der Waals surface area contributed by atoms with Gasteiger partial charge in [-0.05, 0) is 19.1 Å². The highest BCUT2D eigenvalue weighted by molar-refractivity contribution is 6.37. The van der Waals surface area contributed by atoms with Crippen molar-refractivity contribution in [1.82, 2.24) is 14.5 Å². The van der Waals surface area contributed by atoms with Crippen molar-refractivity contribution in [3.63, 3.8) is 0 Å². The molecule has 23 heavy (non-hydrogen) atoms. The molecule has 6 heteroatoms. The van der Waals surface area contributed by atoms with Crippen LogP contribution in [-0.4, -0.2) is 33.7 Å². The molecule has 120 valence electrons. The predicted octanol–water partition coefficient (Wildman–Crippen LogP) is 1.60. The molecule has 0 bridgehead atoms. The molecule has 0 spiro atoms. The van der Waals surface area contributed by atoms with Gasteiger partial charge in [-0.2, -0.15) is 0 Å². The molecule has 1 aliphatic heterocycles. The molecule has 4 rings (SSSR count). The fourth-order valence-corrected chi connectivity index (χ4v) is 4.10. The minimum atomic E-state index is -0.00961. The lowest BCUT2D eigenvalue weighted by Gasteiger charge is -2.20. The number of benzene rings is 1. The van der Waals surface area contributed by atoms with Crippen LogP contribution in [-0.2, 0) is 6.54 Å². The number of quaternary nitrogens is 1. The summed E-state index contributed by atoms with van der Waals surface area (Å²) in [6, 6.07) is 6.13. The Morgan fingerprint density at radius 1 is 1.48 bits per heavy atom. The highest BCUT2D eigenvalue weighted by Gasteiger charge is 2.28. The lowest BCUT2D eigenvalue weighted by Crippen LogP contribution is -3.13. The molecule has 0 radical (unpaired) electrons. The normalized spacial score (nSPS) is 21.5. The van der Waals surface area contributed by atoms with Crippen LogP contribution in [0.2, 0.25) is 5.02 Å². The molecule has 5 nitrogen and oxygen atoms in total. The molecule has 1 aliphatic rings. The van der Waals surface area contributed by atoms with Gasteiger partial charge in [-0.15, -0.1) is 0 Å². The second-order valence-electron chi connectivity index (χ2n) is 6.31. The van der Waals surface area contributed by atoms with Crippen LogP contribution in [0, 0.1) is 0 Å². The van der Waals surface area contributed by atoms with E-state index in [1.54, 1.807) is 15.8 Å². The van der Waals surface area contributed by atoms with Crippen LogP contribution in [0.25, 0.3) is 21.9 Å². The summed E-state index contributed by atoms with van der Waals surface area (Å²) in [4.78, 5) is 22.1. The first kappa shape index (κ1) is 14.7. The number of fused-ring (bicyclic) bond motifs is 3. The SMILES string of the molecule is CC[NH+]1CCC[C@H]1Cn1cnc2c([nH]c3cccc(Cl)c32)c1=O. The molecule has 3 aromatic rings. The molecule has 0 amide bonds. The van der Waals surface area contributed by atoms with Crippen molar-refractivity contribution in [2.45, 2.75) is 32.4 Å². The highest BCUT2D eigenvalue weighted by atomic mass is 35.5. The first-order valence-electron chi connectivity index (χ1n) is 8.19. The Balaban J connectivity index is 1.81. The van der Waals surface area contributed by atoms with Crippen LogP contribution in [0.4, 0.5) is 0 Å². The fourth-order valence-electron chi connectivity index (χ4n) is 3.83. The van der Waals surface area contributed by atoms with Crippen LogP contribution in [0.5, 0.6) is 0 Å². The van der Waals surface area contributed by atoms with Gasteiger partial charge < -0.3 is 9.88 Å². The number of halogens is 1. The number of aromatic nitrogens is 3. The number of H-pyrrole nitrogens is 1.